The number of hydrogen-bond acceptors (Lipinski definition) is 2. The fourth-order valence-corrected chi connectivity index (χ4v) is 4.09. The van der Waals surface area contributed by atoms with Gasteiger partial charge in [-0.1, -0.05) is 37.1 Å². The van der Waals surface area contributed by atoms with Crippen LogP contribution in [0.1, 0.15) is 43.2 Å². The van der Waals surface area contributed by atoms with Crippen LogP contribution in [0.5, 0.6) is 0 Å². The molecule has 1 aromatic rings. The van der Waals surface area contributed by atoms with Crippen molar-refractivity contribution in [1.82, 2.24) is 4.90 Å². The second-order valence-electron chi connectivity index (χ2n) is 6.65. The first-order valence-corrected chi connectivity index (χ1v) is 8.36. The molecule has 1 aliphatic carbocycles. The van der Waals surface area contributed by atoms with Crippen LogP contribution in [0.4, 0.5) is 0 Å². The molecule has 110 valence electrons. The van der Waals surface area contributed by atoms with Gasteiger partial charge in [-0.3, -0.25) is 4.90 Å². The van der Waals surface area contributed by atoms with E-state index in [1.807, 2.05) is 0 Å². The summed E-state index contributed by atoms with van der Waals surface area (Å²) in [5.41, 5.74) is 9.10. The molecule has 1 saturated carbocycles. The van der Waals surface area contributed by atoms with Gasteiger partial charge in [0.25, 0.3) is 0 Å². The average molecular weight is 272 g/mol. The predicted octanol–water partition coefficient (Wildman–Crippen LogP) is 3.20. The van der Waals surface area contributed by atoms with Gasteiger partial charge in [-0.2, -0.15) is 0 Å². The molecule has 0 saturated heterocycles. The Morgan fingerprint density at radius 1 is 1.00 bits per heavy atom. The van der Waals surface area contributed by atoms with Crippen LogP contribution in [0.2, 0.25) is 0 Å². The number of nitrogens with zero attached hydrogens (tertiary/aromatic N) is 1. The van der Waals surface area contributed by atoms with E-state index in [1.165, 1.54) is 51.6 Å². The van der Waals surface area contributed by atoms with Crippen LogP contribution >= 0.6 is 0 Å². The van der Waals surface area contributed by atoms with E-state index in [9.17, 15) is 0 Å². The summed E-state index contributed by atoms with van der Waals surface area (Å²) in [6.45, 7) is 4.54. The molecule has 2 nitrogen and oxygen atoms in total. The number of nitrogens with two attached hydrogens (primary N) is 1. The van der Waals surface area contributed by atoms with Gasteiger partial charge < -0.3 is 5.73 Å². The van der Waals surface area contributed by atoms with Crippen molar-refractivity contribution < 1.29 is 0 Å². The minimum Gasteiger partial charge on any atom is -0.330 e. The molecule has 0 spiro atoms. The Morgan fingerprint density at radius 2 is 1.75 bits per heavy atom. The number of fused-ring (bicyclic) bond motifs is 1. The molecule has 2 atom stereocenters. The number of aryl methyl sites for hydroxylation is 1. The van der Waals surface area contributed by atoms with Crippen molar-refractivity contribution in [3.8, 4) is 0 Å². The quantitative estimate of drug-likeness (QED) is 0.915. The Bertz CT molecular complexity index is 429. The molecule has 2 aliphatic rings. The summed E-state index contributed by atoms with van der Waals surface area (Å²) >= 11 is 0. The second-order valence-corrected chi connectivity index (χ2v) is 6.65. The topological polar surface area (TPSA) is 29.3 Å². The average Bonchev–Trinajstić information content (AvgIpc) is 2.69. The van der Waals surface area contributed by atoms with Crippen LogP contribution in [-0.4, -0.2) is 24.5 Å². The zero-order valence-corrected chi connectivity index (χ0v) is 12.6. The van der Waals surface area contributed by atoms with Gasteiger partial charge in [-0.25, -0.2) is 0 Å². The van der Waals surface area contributed by atoms with Crippen LogP contribution in [0.3, 0.4) is 0 Å². The highest BCUT2D eigenvalue weighted by Gasteiger charge is 2.26. The van der Waals surface area contributed by atoms with Gasteiger partial charge in [0.1, 0.15) is 0 Å². The van der Waals surface area contributed by atoms with Crippen LogP contribution in [-0.2, 0) is 13.0 Å². The maximum absolute atomic E-state index is 5.99. The Morgan fingerprint density at radius 3 is 2.55 bits per heavy atom. The second kappa shape index (κ2) is 6.73. The lowest BCUT2D eigenvalue weighted by Gasteiger charge is -2.34. The van der Waals surface area contributed by atoms with Crippen LogP contribution in [0.15, 0.2) is 24.3 Å². The summed E-state index contributed by atoms with van der Waals surface area (Å²) in [6.07, 6.45) is 8.09. The third kappa shape index (κ3) is 3.24. The number of hydrogen-bond donors (Lipinski definition) is 1. The fraction of sp³-hybridized carbons (Fsp3) is 0.667. The van der Waals surface area contributed by atoms with E-state index in [0.29, 0.717) is 0 Å². The molecule has 1 heterocycles. The first kappa shape index (κ1) is 14.1. The number of benzene rings is 1. The van der Waals surface area contributed by atoms with Gasteiger partial charge in [0.05, 0.1) is 0 Å². The lowest BCUT2D eigenvalue weighted by molar-refractivity contribution is 0.150. The Hall–Kier alpha value is -0.860. The lowest BCUT2D eigenvalue weighted by Crippen LogP contribution is -2.37. The maximum atomic E-state index is 5.99. The van der Waals surface area contributed by atoms with E-state index in [2.05, 4.69) is 29.2 Å². The Kier molecular flexibility index (Phi) is 4.74. The molecular formula is C18H28N2. The van der Waals surface area contributed by atoms with E-state index < -0.39 is 0 Å². The highest BCUT2D eigenvalue weighted by Crippen LogP contribution is 2.31. The van der Waals surface area contributed by atoms with Gasteiger partial charge in [0.2, 0.25) is 0 Å². The molecule has 2 N–H and O–H groups in total. The molecule has 0 amide bonds. The largest absolute Gasteiger partial charge is 0.330 e. The molecule has 20 heavy (non-hydrogen) atoms. The standard InChI is InChI=1S/C18H28N2/c19-12-16-7-2-4-9-18(16)14-20-11-5-10-15-6-1-3-8-17(15)13-20/h1,3,6,8,16,18H,2,4-5,7,9-14,19H2. The molecule has 1 fully saturated rings. The van der Waals surface area contributed by atoms with Gasteiger partial charge in [-0.05, 0) is 61.7 Å². The van der Waals surface area contributed by atoms with Crippen molar-refractivity contribution in [2.24, 2.45) is 17.6 Å². The Labute approximate surface area is 123 Å². The van der Waals surface area contributed by atoms with Crippen molar-refractivity contribution in [1.29, 1.82) is 0 Å². The van der Waals surface area contributed by atoms with Crippen molar-refractivity contribution in [3.63, 3.8) is 0 Å². The molecule has 2 unspecified atom stereocenters. The molecule has 1 aromatic carbocycles. The monoisotopic (exact) mass is 272 g/mol. The number of rotatable bonds is 3. The minimum absolute atomic E-state index is 0.766. The van der Waals surface area contributed by atoms with Crippen molar-refractivity contribution in [2.45, 2.75) is 45.1 Å². The molecule has 0 aromatic heterocycles. The normalized spacial score (nSPS) is 27.9. The summed E-state index contributed by atoms with van der Waals surface area (Å²) in [5, 5.41) is 0. The zero-order valence-electron chi connectivity index (χ0n) is 12.6. The summed E-state index contributed by atoms with van der Waals surface area (Å²) < 4.78 is 0. The zero-order chi connectivity index (χ0) is 13.8. The third-order valence-electron chi connectivity index (χ3n) is 5.29. The molecule has 2 heteroatoms. The van der Waals surface area contributed by atoms with Crippen LogP contribution < -0.4 is 5.73 Å². The first-order valence-electron chi connectivity index (χ1n) is 8.36. The van der Waals surface area contributed by atoms with Crippen molar-refractivity contribution in [2.75, 3.05) is 19.6 Å². The molecule has 0 radical (unpaired) electrons. The van der Waals surface area contributed by atoms with Gasteiger partial charge in [-0.15, -0.1) is 0 Å². The SMILES string of the molecule is NCC1CCCCC1CN1CCCc2ccccc2C1. The van der Waals surface area contributed by atoms with Gasteiger partial charge >= 0.3 is 0 Å². The van der Waals surface area contributed by atoms with Crippen LogP contribution in [0.25, 0.3) is 0 Å². The summed E-state index contributed by atoms with van der Waals surface area (Å²) in [5.74, 6) is 1.60. The van der Waals surface area contributed by atoms with Crippen LogP contribution in [0, 0.1) is 11.8 Å². The highest BCUT2D eigenvalue weighted by atomic mass is 15.1. The summed E-state index contributed by atoms with van der Waals surface area (Å²) in [7, 11) is 0. The van der Waals surface area contributed by atoms with Gasteiger partial charge in [0, 0.05) is 13.1 Å². The van der Waals surface area contributed by atoms with Crippen molar-refractivity contribution in [3.05, 3.63) is 35.4 Å². The molecular weight excluding hydrogens is 244 g/mol. The third-order valence-corrected chi connectivity index (χ3v) is 5.29. The van der Waals surface area contributed by atoms with E-state index in [0.717, 1.165) is 24.9 Å². The smallest absolute Gasteiger partial charge is 0.0236 e. The summed E-state index contributed by atoms with van der Waals surface area (Å²) in [4.78, 5) is 2.68. The van der Waals surface area contributed by atoms with E-state index in [4.69, 9.17) is 5.73 Å². The predicted molar refractivity (Wildman–Crippen MR) is 84.5 cm³/mol. The first-order chi connectivity index (χ1) is 9.86. The lowest BCUT2D eigenvalue weighted by atomic mass is 9.79. The molecule has 1 aliphatic heterocycles. The van der Waals surface area contributed by atoms with E-state index in [-0.39, 0.29) is 0 Å². The summed E-state index contributed by atoms with van der Waals surface area (Å²) in [6, 6.07) is 8.99. The minimum atomic E-state index is 0.766. The maximum Gasteiger partial charge on any atom is 0.0236 e. The fourth-order valence-electron chi connectivity index (χ4n) is 4.09. The Balaban J connectivity index is 1.65. The highest BCUT2D eigenvalue weighted by molar-refractivity contribution is 5.28. The van der Waals surface area contributed by atoms with Gasteiger partial charge in [0.15, 0.2) is 0 Å². The van der Waals surface area contributed by atoms with E-state index >= 15 is 0 Å². The molecule has 0 bridgehead atoms. The molecule has 3 rings (SSSR count). The van der Waals surface area contributed by atoms with Crippen molar-refractivity contribution >= 4 is 0 Å². The van der Waals surface area contributed by atoms with E-state index in [1.54, 1.807) is 11.1 Å².